The lowest BCUT2D eigenvalue weighted by atomic mass is 10.0. The fraction of sp³-hybridized carbons (Fsp3) is 0.235. The zero-order valence-electron chi connectivity index (χ0n) is 13.1. The summed E-state index contributed by atoms with van der Waals surface area (Å²) in [5.41, 5.74) is 8.52. The SMILES string of the molecule is COc1ccc(C2CC(c3nc(-c4cccnc4)no3)NN2)cc1. The summed E-state index contributed by atoms with van der Waals surface area (Å²) >= 11 is 0. The third-order valence-electron chi connectivity index (χ3n) is 4.08. The zero-order chi connectivity index (χ0) is 16.4. The second-order valence-electron chi connectivity index (χ2n) is 5.60. The van der Waals surface area contributed by atoms with Gasteiger partial charge >= 0.3 is 0 Å². The predicted molar refractivity (Wildman–Crippen MR) is 86.9 cm³/mol. The van der Waals surface area contributed by atoms with Gasteiger partial charge in [-0.1, -0.05) is 17.3 Å². The molecule has 0 amide bonds. The normalized spacial score (nSPS) is 20.2. The molecule has 0 aliphatic carbocycles. The van der Waals surface area contributed by atoms with E-state index in [9.17, 15) is 0 Å². The Morgan fingerprint density at radius 2 is 1.96 bits per heavy atom. The first kappa shape index (κ1) is 14.8. The molecule has 2 unspecified atom stereocenters. The maximum Gasteiger partial charge on any atom is 0.245 e. The zero-order valence-corrected chi connectivity index (χ0v) is 13.1. The van der Waals surface area contributed by atoms with Gasteiger partial charge < -0.3 is 9.26 Å². The molecule has 3 heterocycles. The van der Waals surface area contributed by atoms with Gasteiger partial charge in [0.15, 0.2) is 0 Å². The van der Waals surface area contributed by atoms with Crippen molar-refractivity contribution in [3.8, 4) is 17.1 Å². The summed E-state index contributed by atoms with van der Waals surface area (Å²) in [4.78, 5) is 8.55. The van der Waals surface area contributed by atoms with Gasteiger partial charge in [-0.3, -0.25) is 4.98 Å². The molecule has 2 N–H and O–H groups in total. The number of rotatable bonds is 4. The number of pyridine rings is 1. The Bertz CT molecular complexity index is 803. The molecule has 1 aromatic carbocycles. The number of hydrazine groups is 1. The highest BCUT2D eigenvalue weighted by molar-refractivity contribution is 5.51. The van der Waals surface area contributed by atoms with E-state index in [2.05, 4.69) is 38.1 Å². The van der Waals surface area contributed by atoms with E-state index in [4.69, 9.17) is 9.26 Å². The number of nitrogens with zero attached hydrogens (tertiary/aromatic N) is 3. The van der Waals surface area contributed by atoms with Crippen molar-refractivity contribution in [1.82, 2.24) is 26.0 Å². The van der Waals surface area contributed by atoms with Crippen LogP contribution in [0.15, 0.2) is 53.3 Å². The fourth-order valence-electron chi connectivity index (χ4n) is 2.76. The van der Waals surface area contributed by atoms with Crippen molar-refractivity contribution in [1.29, 1.82) is 0 Å². The first-order valence-electron chi connectivity index (χ1n) is 7.72. The Hall–Kier alpha value is -2.77. The first-order valence-corrected chi connectivity index (χ1v) is 7.72. The minimum Gasteiger partial charge on any atom is -0.497 e. The highest BCUT2D eigenvalue weighted by Gasteiger charge is 2.30. The molecule has 0 bridgehead atoms. The molecule has 4 rings (SSSR count). The summed E-state index contributed by atoms with van der Waals surface area (Å²) in [6.07, 6.45) is 4.25. The van der Waals surface area contributed by atoms with Crippen LogP contribution in [-0.4, -0.2) is 22.2 Å². The molecular weight excluding hydrogens is 306 g/mol. The van der Waals surface area contributed by atoms with Crippen LogP contribution in [0.5, 0.6) is 5.75 Å². The van der Waals surface area contributed by atoms with Gasteiger partial charge in [0.1, 0.15) is 11.8 Å². The number of hydrogen-bond acceptors (Lipinski definition) is 7. The number of benzene rings is 1. The fourth-order valence-corrected chi connectivity index (χ4v) is 2.76. The molecule has 122 valence electrons. The summed E-state index contributed by atoms with van der Waals surface area (Å²) < 4.78 is 10.6. The molecule has 1 fully saturated rings. The molecule has 2 atom stereocenters. The maximum atomic E-state index is 5.41. The first-order chi connectivity index (χ1) is 11.8. The Morgan fingerprint density at radius 3 is 2.71 bits per heavy atom. The van der Waals surface area contributed by atoms with E-state index in [0.717, 1.165) is 17.7 Å². The van der Waals surface area contributed by atoms with Crippen molar-refractivity contribution < 1.29 is 9.26 Å². The summed E-state index contributed by atoms with van der Waals surface area (Å²) in [7, 11) is 1.66. The summed E-state index contributed by atoms with van der Waals surface area (Å²) in [6, 6.07) is 11.9. The van der Waals surface area contributed by atoms with Crippen molar-refractivity contribution in [2.75, 3.05) is 7.11 Å². The van der Waals surface area contributed by atoms with Crippen LogP contribution in [0.2, 0.25) is 0 Å². The third-order valence-corrected chi connectivity index (χ3v) is 4.08. The van der Waals surface area contributed by atoms with Crippen molar-refractivity contribution >= 4 is 0 Å². The lowest BCUT2D eigenvalue weighted by Gasteiger charge is -2.09. The van der Waals surface area contributed by atoms with Crippen molar-refractivity contribution in [3.05, 3.63) is 60.2 Å². The minimum absolute atomic E-state index is 0.0324. The van der Waals surface area contributed by atoms with Crippen LogP contribution in [-0.2, 0) is 0 Å². The molecule has 24 heavy (non-hydrogen) atoms. The topological polar surface area (TPSA) is 85.1 Å². The van der Waals surface area contributed by atoms with E-state index in [0.29, 0.717) is 11.7 Å². The molecule has 7 nitrogen and oxygen atoms in total. The van der Waals surface area contributed by atoms with Crippen molar-refractivity contribution in [3.63, 3.8) is 0 Å². The molecule has 0 radical (unpaired) electrons. The van der Waals surface area contributed by atoms with Gasteiger partial charge in [-0.25, -0.2) is 10.9 Å². The summed E-state index contributed by atoms with van der Waals surface area (Å²) in [6.45, 7) is 0. The average molecular weight is 323 g/mol. The Balaban J connectivity index is 1.47. The molecule has 1 aliphatic rings. The van der Waals surface area contributed by atoms with Crippen LogP contribution >= 0.6 is 0 Å². The largest absolute Gasteiger partial charge is 0.497 e. The van der Waals surface area contributed by atoms with Gasteiger partial charge in [0.05, 0.1) is 7.11 Å². The van der Waals surface area contributed by atoms with Gasteiger partial charge in [-0.05, 0) is 36.2 Å². The van der Waals surface area contributed by atoms with Crippen LogP contribution in [0.25, 0.3) is 11.4 Å². The molecule has 2 aromatic heterocycles. The number of methoxy groups -OCH3 is 1. The standard InChI is InChI=1S/C17H17N5O2/c1-23-13-6-4-11(5-7-13)14-9-15(21-20-14)17-19-16(22-24-17)12-3-2-8-18-10-12/h2-8,10,14-15,20-21H,9H2,1H3. The van der Waals surface area contributed by atoms with Gasteiger partial charge in [0.25, 0.3) is 0 Å². The van der Waals surface area contributed by atoms with Crippen LogP contribution in [0.1, 0.15) is 30.0 Å². The Morgan fingerprint density at radius 1 is 1.12 bits per heavy atom. The molecule has 1 saturated heterocycles. The van der Waals surface area contributed by atoms with Gasteiger partial charge in [0, 0.05) is 24.0 Å². The second kappa shape index (κ2) is 6.38. The molecule has 1 aliphatic heterocycles. The number of aromatic nitrogens is 3. The Labute approximate surface area is 139 Å². The summed E-state index contributed by atoms with van der Waals surface area (Å²) in [5, 5.41) is 4.04. The lowest BCUT2D eigenvalue weighted by molar-refractivity contribution is 0.340. The third kappa shape index (κ3) is 2.86. The van der Waals surface area contributed by atoms with Crippen LogP contribution in [0.4, 0.5) is 0 Å². The smallest absolute Gasteiger partial charge is 0.245 e. The lowest BCUT2D eigenvalue weighted by Crippen LogP contribution is -2.26. The van der Waals surface area contributed by atoms with E-state index < -0.39 is 0 Å². The highest BCUT2D eigenvalue weighted by atomic mass is 16.5. The van der Waals surface area contributed by atoms with Gasteiger partial charge in [-0.2, -0.15) is 4.98 Å². The van der Waals surface area contributed by atoms with Crippen LogP contribution < -0.4 is 15.6 Å². The number of nitrogens with one attached hydrogen (secondary N) is 2. The molecular formula is C17H17N5O2. The van der Waals surface area contributed by atoms with Crippen molar-refractivity contribution in [2.45, 2.75) is 18.5 Å². The number of ether oxygens (including phenoxy) is 1. The van der Waals surface area contributed by atoms with Gasteiger partial charge in [0.2, 0.25) is 11.7 Å². The van der Waals surface area contributed by atoms with E-state index in [1.54, 1.807) is 19.5 Å². The molecule has 0 spiro atoms. The Kier molecular flexibility index (Phi) is 3.94. The quantitative estimate of drug-likeness (QED) is 0.762. The van der Waals surface area contributed by atoms with E-state index >= 15 is 0 Å². The van der Waals surface area contributed by atoms with Crippen LogP contribution in [0.3, 0.4) is 0 Å². The average Bonchev–Trinajstić information content (AvgIpc) is 3.32. The van der Waals surface area contributed by atoms with E-state index in [-0.39, 0.29) is 12.1 Å². The van der Waals surface area contributed by atoms with E-state index in [1.807, 2.05) is 24.3 Å². The maximum absolute atomic E-state index is 5.41. The highest BCUT2D eigenvalue weighted by Crippen LogP contribution is 2.31. The van der Waals surface area contributed by atoms with E-state index in [1.165, 1.54) is 5.56 Å². The van der Waals surface area contributed by atoms with Gasteiger partial charge in [-0.15, -0.1) is 0 Å². The summed E-state index contributed by atoms with van der Waals surface area (Å²) in [5.74, 6) is 1.96. The molecule has 3 aromatic rings. The van der Waals surface area contributed by atoms with Crippen molar-refractivity contribution in [2.24, 2.45) is 0 Å². The van der Waals surface area contributed by atoms with Crippen LogP contribution in [0, 0.1) is 0 Å². The monoisotopic (exact) mass is 323 g/mol. The molecule has 0 saturated carbocycles. The number of hydrogen-bond donors (Lipinski definition) is 2. The minimum atomic E-state index is -0.0324. The second-order valence-corrected chi connectivity index (χ2v) is 5.60. The predicted octanol–water partition coefficient (Wildman–Crippen LogP) is 2.42. The molecule has 7 heteroatoms.